The number of carbonyl (C=O) groups excluding carboxylic acids is 1. The molecule has 110 valence electrons. The average molecular weight is 287 g/mol. The maximum absolute atomic E-state index is 11.8. The fraction of sp³-hybridized carbons (Fsp3) is 0.400. The number of amides is 2. The average Bonchev–Trinajstić information content (AvgIpc) is 2.90. The van der Waals surface area contributed by atoms with Crippen molar-refractivity contribution in [2.75, 3.05) is 5.32 Å². The molecule has 0 saturated heterocycles. The van der Waals surface area contributed by atoms with E-state index in [0.717, 1.165) is 5.56 Å². The van der Waals surface area contributed by atoms with Crippen LogP contribution in [0.15, 0.2) is 24.3 Å². The molecular formula is C15H17N3O3. The Morgan fingerprint density at radius 2 is 2.00 bits per heavy atom. The van der Waals surface area contributed by atoms with Crippen molar-refractivity contribution < 1.29 is 14.7 Å². The van der Waals surface area contributed by atoms with Gasteiger partial charge in [-0.25, -0.2) is 4.79 Å². The Labute approximate surface area is 122 Å². The molecule has 1 aliphatic rings. The molecule has 1 aromatic carbocycles. The van der Waals surface area contributed by atoms with Gasteiger partial charge in [0.25, 0.3) is 0 Å². The van der Waals surface area contributed by atoms with Gasteiger partial charge in [-0.15, -0.1) is 0 Å². The Balaban J connectivity index is 1.82. The monoisotopic (exact) mass is 287 g/mol. The lowest BCUT2D eigenvalue weighted by Gasteiger charge is -2.13. The van der Waals surface area contributed by atoms with Crippen LogP contribution in [0.1, 0.15) is 24.8 Å². The molecule has 0 radical (unpaired) electrons. The summed E-state index contributed by atoms with van der Waals surface area (Å²) in [6.07, 6.45) is 2.10. The van der Waals surface area contributed by atoms with E-state index in [-0.39, 0.29) is 18.0 Å². The van der Waals surface area contributed by atoms with E-state index in [1.807, 2.05) is 0 Å². The molecule has 2 atom stereocenters. The molecule has 6 nitrogen and oxygen atoms in total. The van der Waals surface area contributed by atoms with Crippen LogP contribution in [0.25, 0.3) is 0 Å². The number of anilines is 1. The first-order chi connectivity index (χ1) is 10.1. The summed E-state index contributed by atoms with van der Waals surface area (Å²) in [5.41, 5.74) is 1.53. The maximum atomic E-state index is 11.8. The Bertz CT molecular complexity index is 563. The molecule has 0 aliphatic heterocycles. The second-order valence-corrected chi connectivity index (χ2v) is 5.18. The number of hydrogen-bond acceptors (Lipinski definition) is 3. The molecule has 1 aromatic rings. The van der Waals surface area contributed by atoms with Gasteiger partial charge in [0.05, 0.1) is 18.4 Å². The Kier molecular flexibility index (Phi) is 4.77. The number of carbonyl (C=O) groups is 2. The summed E-state index contributed by atoms with van der Waals surface area (Å²) in [5, 5.41) is 23.0. The number of nitrogens with zero attached hydrogens (tertiary/aromatic N) is 1. The summed E-state index contributed by atoms with van der Waals surface area (Å²) in [6.45, 7) is 0. The van der Waals surface area contributed by atoms with Gasteiger partial charge in [0.15, 0.2) is 0 Å². The van der Waals surface area contributed by atoms with E-state index in [4.69, 9.17) is 10.4 Å². The summed E-state index contributed by atoms with van der Waals surface area (Å²) >= 11 is 0. The predicted molar refractivity (Wildman–Crippen MR) is 76.7 cm³/mol. The zero-order valence-electron chi connectivity index (χ0n) is 11.5. The Morgan fingerprint density at radius 3 is 2.57 bits per heavy atom. The molecule has 0 heterocycles. The SMILES string of the molecule is N#CCc1ccc(NC(=O)NC2CCC(C(=O)O)C2)cc1. The number of carboxylic acid groups (broad SMARTS) is 1. The minimum Gasteiger partial charge on any atom is -0.481 e. The second-order valence-electron chi connectivity index (χ2n) is 5.18. The molecule has 0 aromatic heterocycles. The summed E-state index contributed by atoms with van der Waals surface area (Å²) in [4.78, 5) is 22.7. The van der Waals surface area contributed by atoms with Crippen LogP contribution in [0, 0.1) is 17.2 Å². The third-order valence-electron chi connectivity index (χ3n) is 3.61. The molecule has 0 bridgehead atoms. The van der Waals surface area contributed by atoms with Gasteiger partial charge in [0.2, 0.25) is 0 Å². The van der Waals surface area contributed by atoms with Crippen molar-refractivity contribution in [1.29, 1.82) is 5.26 Å². The maximum Gasteiger partial charge on any atom is 0.319 e. The Morgan fingerprint density at radius 1 is 1.29 bits per heavy atom. The molecule has 2 amide bonds. The van der Waals surface area contributed by atoms with Crippen molar-refractivity contribution in [2.24, 2.45) is 5.92 Å². The minimum atomic E-state index is -0.798. The topological polar surface area (TPSA) is 102 Å². The number of nitrogens with one attached hydrogen (secondary N) is 2. The van der Waals surface area contributed by atoms with Crippen molar-refractivity contribution in [1.82, 2.24) is 5.32 Å². The summed E-state index contributed by atoms with van der Waals surface area (Å²) in [7, 11) is 0. The number of benzene rings is 1. The van der Waals surface area contributed by atoms with Crippen LogP contribution >= 0.6 is 0 Å². The van der Waals surface area contributed by atoms with Crippen LogP contribution in [0.4, 0.5) is 10.5 Å². The molecule has 1 aliphatic carbocycles. The first-order valence-electron chi connectivity index (χ1n) is 6.84. The normalized spacial score (nSPS) is 20.5. The first kappa shape index (κ1) is 14.9. The smallest absolute Gasteiger partial charge is 0.319 e. The van der Waals surface area contributed by atoms with Gasteiger partial charge in [-0.1, -0.05) is 12.1 Å². The lowest BCUT2D eigenvalue weighted by molar-refractivity contribution is -0.141. The molecule has 2 unspecified atom stereocenters. The van der Waals surface area contributed by atoms with Gasteiger partial charge in [-0.2, -0.15) is 5.26 Å². The Hall–Kier alpha value is -2.55. The minimum absolute atomic E-state index is 0.0936. The van der Waals surface area contributed by atoms with Crippen LogP contribution in [0.5, 0.6) is 0 Å². The van der Waals surface area contributed by atoms with Crippen molar-refractivity contribution >= 4 is 17.7 Å². The number of urea groups is 1. The first-order valence-corrected chi connectivity index (χ1v) is 6.84. The standard InChI is InChI=1S/C15H17N3O3/c16-8-7-10-1-4-12(5-2-10)17-15(21)18-13-6-3-11(9-13)14(19)20/h1-2,4-5,11,13H,3,6-7,9H2,(H,19,20)(H2,17,18,21). The molecule has 6 heteroatoms. The van der Waals surface area contributed by atoms with Gasteiger partial charge >= 0.3 is 12.0 Å². The third-order valence-corrected chi connectivity index (χ3v) is 3.61. The van der Waals surface area contributed by atoms with E-state index >= 15 is 0 Å². The summed E-state index contributed by atoms with van der Waals surface area (Å²) in [6, 6.07) is 8.68. The van der Waals surface area contributed by atoms with Crippen molar-refractivity contribution in [3.05, 3.63) is 29.8 Å². The molecule has 0 spiro atoms. The van der Waals surface area contributed by atoms with Gasteiger partial charge in [-0.05, 0) is 37.0 Å². The highest BCUT2D eigenvalue weighted by atomic mass is 16.4. The fourth-order valence-electron chi connectivity index (χ4n) is 2.49. The van der Waals surface area contributed by atoms with Gasteiger partial charge in [0.1, 0.15) is 0 Å². The number of carboxylic acids is 1. The third kappa shape index (κ3) is 4.21. The zero-order chi connectivity index (χ0) is 15.2. The van der Waals surface area contributed by atoms with Crippen molar-refractivity contribution in [2.45, 2.75) is 31.7 Å². The van der Waals surface area contributed by atoms with Crippen LogP contribution < -0.4 is 10.6 Å². The van der Waals surface area contributed by atoms with Crippen molar-refractivity contribution in [3.63, 3.8) is 0 Å². The zero-order valence-corrected chi connectivity index (χ0v) is 11.5. The molecular weight excluding hydrogens is 270 g/mol. The number of aliphatic carboxylic acids is 1. The van der Waals surface area contributed by atoms with Gasteiger partial charge < -0.3 is 15.7 Å². The van der Waals surface area contributed by atoms with E-state index < -0.39 is 5.97 Å². The molecule has 3 N–H and O–H groups in total. The van der Waals surface area contributed by atoms with E-state index in [9.17, 15) is 9.59 Å². The second kappa shape index (κ2) is 6.75. The van der Waals surface area contributed by atoms with Crippen molar-refractivity contribution in [3.8, 4) is 6.07 Å². The van der Waals surface area contributed by atoms with Gasteiger partial charge in [-0.3, -0.25) is 4.79 Å². The van der Waals surface area contributed by atoms with Crippen LogP contribution in [0.3, 0.4) is 0 Å². The summed E-state index contributed by atoms with van der Waals surface area (Å²) in [5.74, 6) is -1.16. The van der Waals surface area contributed by atoms with Gasteiger partial charge in [0, 0.05) is 11.7 Å². The van der Waals surface area contributed by atoms with Crippen LogP contribution in [0.2, 0.25) is 0 Å². The lowest BCUT2D eigenvalue weighted by Crippen LogP contribution is -2.36. The highest BCUT2D eigenvalue weighted by Gasteiger charge is 2.30. The van der Waals surface area contributed by atoms with E-state index in [0.29, 0.717) is 31.4 Å². The number of nitriles is 1. The van der Waals surface area contributed by atoms with Crippen LogP contribution in [-0.2, 0) is 11.2 Å². The van der Waals surface area contributed by atoms with Crippen LogP contribution in [-0.4, -0.2) is 23.1 Å². The fourth-order valence-corrected chi connectivity index (χ4v) is 2.49. The van der Waals surface area contributed by atoms with E-state index in [1.165, 1.54) is 0 Å². The van der Waals surface area contributed by atoms with E-state index in [1.54, 1.807) is 24.3 Å². The number of hydrogen-bond donors (Lipinski definition) is 3. The highest BCUT2D eigenvalue weighted by molar-refractivity contribution is 5.89. The predicted octanol–water partition coefficient (Wildman–Crippen LogP) is 2.13. The molecule has 2 rings (SSSR count). The summed E-state index contributed by atoms with van der Waals surface area (Å²) < 4.78 is 0. The largest absolute Gasteiger partial charge is 0.481 e. The quantitative estimate of drug-likeness (QED) is 0.789. The van der Waals surface area contributed by atoms with E-state index in [2.05, 4.69) is 16.7 Å². The number of rotatable bonds is 4. The molecule has 1 fully saturated rings. The molecule has 21 heavy (non-hydrogen) atoms. The highest BCUT2D eigenvalue weighted by Crippen LogP contribution is 2.25. The molecule has 1 saturated carbocycles. The lowest BCUT2D eigenvalue weighted by atomic mass is 10.1.